The predicted octanol–water partition coefficient (Wildman–Crippen LogP) is 0.490. The van der Waals surface area contributed by atoms with E-state index < -0.39 is 0 Å². The molecule has 0 amide bonds. The van der Waals surface area contributed by atoms with Crippen molar-refractivity contribution in [1.29, 1.82) is 0 Å². The second-order valence-electron chi connectivity index (χ2n) is 4.69. The summed E-state index contributed by atoms with van der Waals surface area (Å²) in [7, 11) is 6.21. The maximum absolute atomic E-state index is 3.99. The molecule has 0 aromatic carbocycles. The van der Waals surface area contributed by atoms with Crippen LogP contribution in [0, 0.1) is 7.05 Å². The molecule has 2 heterocycles. The highest BCUT2D eigenvalue weighted by atomic mass is 15.3. The van der Waals surface area contributed by atoms with Crippen LogP contribution in [0.4, 0.5) is 0 Å². The maximum atomic E-state index is 3.99. The molecule has 2 fully saturated rings. The highest BCUT2D eigenvalue weighted by molar-refractivity contribution is 4.82. The van der Waals surface area contributed by atoms with Crippen LogP contribution in [0.5, 0.6) is 0 Å². The SMILES string of the molecule is [CH2-]N1CCN(C2CCN(C)CC2)CC1. The molecule has 2 aliphatic rings. The number of hydrogen-bond donors (Lipinski definition) is 0. The predicted molar refractivity (Wildman–Crippen MR) is 59.0 cm³/mol. The highest BCUT2D eigenvalue weighted by Crippen LogP contribution is 2.16. The molecule has 0 spiro atoms. The van der Waals surface area contributed by atoms with Crippen LogP contribution in [0.2, 0.25) is 0 Å². The molecule has 2 rings (SSSR count). The molecule has 0 atom stereocenters. The molecule has 3 nitrogen and oxygen atoms in total. The fourth-order valence-corrected chi connectivity index (χ4v) is 2.49. The van der Waals surface area contributed by atoms with Crippen LogP contribution in [0.1, 0.15) is 12.8 Å². The Balaban J connectivity index is 1.78. The Labute approximate surface area is 87.7 Å². The summed E-state index contributed by atoms with van der Waals surface area (Å²) >= 11 is 0. The van der Waals surface area contributed by atoms with E-state index in [1.54, 1.807) is 0 Å². The lowest BCUT2D eigenvalue weighted by Crippen LogP contribution is -2.51. The van der Waals surface area contributed by atoms with Crippen molar-refractivity contribution in [2.75, 3.05) is 46.3 Å². The van der Waals surface area contributed by atoms with Crippen LogP contribution >= 0.6 is 0 Å². The van der Waals surface area contributed by atoms with Gasteiger partial charge in [0.25, 0.3) is 0 Å². The second kappa shape index (κ2) is 4.60. The lowest BCUT2D eigenvalue weighted by molar-refractivity contribution is 0.0796. The molecule has 3 heteroatoms. The van der Waals surface area contributed by atoms with E-state index >= 15 is 0 Å². The molecule has 0 N–H and O–H groups in total. The Bertz CT molecular complexity index is 147. The van der Waals surface area contributed by atoms with Gasteiger partial charge in [-0.25, -0.2) is 0 Å². The summed E-state index contributed by atoms with van der Waals surface area (Å²) in [6, 6.07) is 0.847. The normalized spacial score (nSPS) is 29.6. The summed E-state index contributed by atoms with van der Waals surface area (Å²) in [6.45, 7) is 7.28. The fourth-order valence-electron chi connectivity index (χ4n) is 2.49. The van der Waals surface area contributed by atoms with E-state index in [2.05, 4.69) is 28.8 Å². The fraction of sp³-hybridized carbons (Fsp3) is 0.909. The van der Waals surface area contributed by atoms with Gasteiger partial charge in [0.1, 0.15) is 0 Å². The molecule has 0 aromatic rings. The van der Waals surface area contributed by atoms with E-state index in [4.69, 9.17) is 0 Å². The van der Waals surface area contributed by atoms with Gasteiger partial charge in [-0.15, -0.1) is 0 Å². The first kappa shape index (κ1) is 10.4. The average Bonchev–Trinajstić information content (AvgIpc) is 2.21. The summed E-state index contributed by atoms with van der Waals surface area (Å²) in [5.41, 5.74) is 0. The molecule has 14 heavy (non-hydrogen) atoms. The third-order valence-electron chi connectivity index (χ3n) is 3.61. The Hall–Kier alpha value is -0.120. The van der Waals surface area contributed by atoms with Crippen molar-refractivity contribution in [2.24, 2.45) is 0 Å². The van der Waals surface area contributed by atoms with Gasteiger partial charge in [-0.2, -0.15) is 0 Å². The Kier molecular flexibility index (Phi) is 3.42. The van der Waals surface area contributed by atoms with Crippen molar-refractivity contribution in [3.8, 4) is 0 Å². The molecular weight excluding hydrogens is 174 g/mol. The first-order valence-electron chi connectivity index (χ1n) is 5.74. The quantitative estimate of drug-likeness (QED) is 0.565. The van der Waals surface area contributed by atoms with Crippen LogP contribution < -0.4 is 0 Å². The van der Waals surface area contributed by atoms with Crippen molar-refractivity contribution >= 4 is 0 Å². The van der Waals surface area contributed by atoms with E-state index in [1.807, 2.05) is 0 Å². The Morgan fingerprint density at radius 2 is 1.50 bits per heavy atom. The lowest BCUT2D eigenvalue weighted by Gasteiger charge is -2.43. The molecule has 0 aliphatic carbocycles. The number of likely N-dealkylation sites (tertiary alicyclic amines) is 1. The van der Waals surface area contributed by atoms with Gasteiger partial charge in [0.15, 0.2) is 0 Å². The Morgan fingerprint density at radius 1 is 0.929 bits per heavy atom. The molecule has 82 valence electrons. The van der Waals surface area contributed by atoms with Crippen molar-refractivity contribution in [3.05, 3.63) is 7.05 Å². The topological polar surface area (TPSA) is 9.72 Å². The standard InChI is InChI=1S/C11H22N3/c1-12-5-3-11(4-6-12)14-9-7-13(2)8-10-14/h11H,2-10H2,1H3/q-1. The van der Waals surface area contributed by atoms with Crippen LogP contribution in [-0.2, 0) is 0 Å². The summed E-state index contributed by atoms with van der Waals surface area (Å²) in [6.07, 6.45) is 2.71. The zero-order valence-corrected chi connectivity index (χ0v) is 9.28. The van der Waals surface area contributed by atoms with Gasteiger partial charge in [0.2, 0.25) is 0 Å². The van der Waals surface area contributed by atoms with Crippen LogP contribution in [0.3, 0.4) is 0 Å². The largest absolute Gasteiger partial charge is 0.457 e. The van der Waals surface area contributed by atoms with Crippen LogP contribution in [0.25, 0.3) is 0 Å². The first-order valence-corrected chi connectivity index (χ1v) is 5.74. The van der Waals surface area contributed by atoms with E-state index in [9.17, 15) is 0 Å². The lowest BCUT2D eigenvalue weighted by atomic mass is 10.0. The van der Waals surface area contributed by atoms with Crippen molar-refractivity contribution < 1.29 is 0 Å². The summed E-state index contributed by atoms with van der Waals surface area (Å²) in [5.74, 6) is 0. The maximum Gasteiger partial charge on any atom is 0.0121 e. The minimum atomic E-state index is 0.847. The minimum absolute atomic E-state index is 0.847. The Morgan fingerprint density at radius 3 is 2.07 bits per heavy atom. The third kappa shape index (κ3) is 2.47. The van der Waals surface area contributed by atoms with E-state index in [0.717, 1.165) is 19.1 Å². The molecule has 0 bridgehead atoms. The van der Waals surface area contributed by atoms with Gasteiger partial charge in [0.05, 0.1) is 0 Å². The number of nitrogens with zero attached hydrogens (tertiary/aromatic N) is 3. The van der Waals surface area contributed by atoms with Crippen molar-refractivity contribution in [1.82, 2.24) is 14.7 Å². The van der Waals surface area contributed by atoms with Crippen molar-refractivity contribution in [3.63, 3.8) is 0 Å². The molecule has 0 saturated carbocycles. The van der Waals surface area contributed by atoms with Gasteiger partial charge in [0, 0.05) is 19.1 Å². The van der Waals surface area contributed by atoms with Gasteiger partial charge < -0.3 is 9.80 Å². The highest BCUT2D eigenvalue weighted by Gasteiger charge is 2.24. The molecular formula is C11H22N3-. The van der Waals surface area contributed by atoms with Gasteiger partial charge >= 0.3 is 0 Å². The van der Waals surface area contributed by atoms with E-state index in [1.165, 1.54) is 39.0 Å². The summed E-state index contributed by atoms with van der Waals surface area (Å²) in [5, 5.41) is 0. The monoisotopic (exact) mass is 196 g/mol. The van der Waals surface area contributed by atoms with Gasteiger partial charge in [-0.1, -0.05) is 0 Å². The minimum Gasteiger partial charge on any atom is -0.457 e. The molecule has 2 saturated heterocycles. The van der Waals surface area contributed by atoms with E-state index in [0.29, 0.717) is 0 Å². The summed E-state index contributed by atoms with van der Waals surface area (Å²) in [4.78, 5) is 7.29. The third-order valence-corrected chi connectivity index (χ3v) is 3.61. The number of rotatable bonds is 1. The van der Waals surface area contributed by atoms with Crippen LogP contribution in [0.15, 0.2) is 0 Å². The van der Waals surface area contributed by atoms with E-state index in [-0.39, 0.29) is 0 Å². The number of piperazine rings is 1. The zero-order valence-electron chi connectivity index (χ0n) is 9.28. The molecule has 0 aromatic heterocycles. The molecule has 0 unspecified atom stereocenters. The number of hydrogen-bond acceptors (Lipinski definition) is 3. The average molecular weight is 196 g/mol. The first-order chi connectivity index (χ1) is 6.75. The second-order valence-corrected chi connectivity index (χ2v) is 4.69. The zero-order chi connectivity index (χ0) is 9.97. The smallest absolute Gasteiger partial charge is 0.0121 e. The molecule has 0 radical (unpaired) electrons. The van der Waals surface area contributed by atoms with Gasteiger partial charge in [-0.05, 0) is 46.1 Å². The summed E-state index contributed by atoms with van der Waals surface area (Å²) < 4.78 is 0. The number of piperidine rings is 1. The van der Waals surface area contributed by atoms with Crippen molar-refractivity contribution in [2.45, 2.75) is 18.9 Å². The molecule has 2 aliphatic heterocycles. The van der Waals surface area contributed by atoms with Gasteiger partial charge in [-0.3, -0.25) is 11.9 Å². The van der Waals surface area contributed by atoms with Crippen LogP contribution in [-0.4, -0.2) is 67.1 Å².